The summed E-state index contributed by atoms with van der Waals surface area (Å²) >= 11 is 0. The number of cyclic esters (lactones) is 1. The van der Waals surface area contributed by atoms with Gasteiger partial charge >= 0.3 is 17.9 Å². The SMILES string of the molecule is CC(=O)NC[C@H]1CN(c2ccc(N3CCN(/C=C4/Cn5cc([N+](=O)[O-])nc5O4)CC3)c(F)c2)C(=O)O1. The number of hydrogen-bond acceptors (Lipinski definition) is 9. The van der Waals surface area contributed by atoms with Crippen LogP contribution in [0, 0.1) is 15.9 Å². The Morgan fingerprint density at radius 2 is 2.11 bits per heavy atom. The third kappa shape index (κ3) is 4.74. The molecule has 3 aliphatic rings. The normalized spacial score (nSPS) is 20.4. The maximum Gasteiger partial charge on any atom is 0.419 e. The first-order valence-electron chi connectivity index (χ1n) is 11.4. The molecule has 1 N–H and O–H groups in total. The number of allylic oxidation sites excluding steroid dienone is 1. The molecule has 2 saturated heterocycles. The predicted octanol–water partition coefficient (Wildman–Crippen LogP) is 1.45. The molecule has 0 unspecified atom stereocenters. The lowest BCUT2D eigenvalue weighted by Crippen LogP contribution is -2.44. The Morgan fingerprint density at radius 1 is 1.33 bits per heavy atom. The van der Waals surface area contributed by atoms with Gasteiger partial charge in [-0.1, -0.05) is 0 Å². The lowest BCUT2D eigenvalue weighted by atomic mass is 10.2. The van der Waals surface area contributed by atoms with E-state index in [1.807, 2.05) is 11.1 Å². The Bertz CT molecular complexity index is 1210. The molecule has 4 heterocycles. The molecule has 3 aliphatic heterocycles. The van der Waals surface area contributed by atoms with E-state index in [1.165, 1.54) is 24.1 Å². The van der Waals surface area contributed by atoms with Gasteiger partial charge in [-0.25, -0.2) is 9.18 Å². The van der Waals surface area contributed by atoms with Gasteiger partial charge in [0.1, 0.15) is 23.9 Å². The first kappa shape index (κ1) is 23.4. The number of nitrogens with one attached hydrogen (secondary N) is 1. The lowest BCUT2D eigenvalue weighted by molar-refractivity contribution is -0.389. The average Bonchev–Trinajstić information content (AvgIpc) is 3.51. The van der Waals surface area contributed by atoms with Crippen molar-refractivity contribution in [2.45, 2.75) is 19.6 Å². The second kappa shape index (κ2) is 9.36. The molecule has 2 amide bonds. The lowest BCUT2D eigenvalue weighted by Gasteiger charge is -2.36. The number of anilines is 2. The number of aromatic nitrogens is 2. The van der Waals surface area contributed by atoms with Crippen LogP contribution in [0.1, 0.15) is 6.92 Å². The van der Waals surface area contributed by atoms with Crippen LogP contribution in [-0.4, -0.2) is 76.7 Å². The van der Waals surface area contributed by atoms with E-state index in [-0.39, 0.29) is 30.8 Å². The molecule has 0 radical (unpaired) electrons. The summed E-state index contributed by atoms with van der Waals surface area (Å²) in [4.78, 5) is 42.7. The summed E-state index contributed by atoms with van der Waals surface area (Å²) in [6.07, 6.45) is 2.12. The first-order valence-corrected chi connectivity index (χ1v) is 11.4. The first-order chi connectivity index (χ1) is 17.3. The van der Waals surface area contributed by atoms with Gasteiger partial charge in [0.15, 0.2) is 0 Å². The van der Waals surface area contributed by atoms with E-state index in [0.717, 1.165) is 0 Å². The number of rotatable bonds is 6. The number of piperazine rings is 1. The van der Waals surface area contributed by atoms with Crippen LogP contribution in [-0.2, 0) is 16.1 Å². The van der Waals surface area contributed by atoms with Crippen molar-refractivity contribution in [3.05, 3.63) is 52.3 Å². The van der Waals surface area contributed by atoms with Crippen LogP contribution in [0.5, 0.6) is 6.01 Å². The molecular formula is C22H24FN7O6. The fourth-order valence-corrected chi connectivity index (χ4v) is 4.36. The van der Waals surface area contributed by atoms with E-state index in [1.54, 1.807) is 16.7 Å². The zero-order valence-corrected chi connectivity index (χ0v) is 19.4. The molecule has 0 aliphatic carbocycles. The van der Waals surface area contributed by atoms with Crippen molar-refractivity contribution in [2.24, 2.45) is 0 Å². The van der Waals surface area contributed by atoms with Crippen LogP contribution < -0.4 is 19.9 Å². The minimum atomic E-state index is -0.579. The maximum atomic E-state index is 15.0. The standard InChI is InChI=1S/C22H24FN7O6/c1-14(31)24-9-16-12-29(22(32)36-16)15-2-3-19(18(23)8-15)27-6-4-26(5-7-27)10-17-11-28-13-20(30(33)34)25-21(28)35-17/h2-3,8,10,13,16H,4-7,9,11-12H2,1H3,(H,24,31)/b17-10-/t16-/m0/s1. The highest BCUT2D eigenvalue weighted by atomic mass is 19.1. The summed E-state index contributed by atoms with van der Waals surface area (Å²) in [5.74, 6) is -0.281. The number of carbonyl (C=O) groups is 2. The molecule has 36 heavy (non-hydrogen) atoms. The third-order valence-corrected chi connectivity index (χ3v) is 6.14. The van der Waals surface area contributed by atoms with Gasteiger partial charge in [-0.3, -0.25) is 14.3 Å². The summed E-state index contributed by atoms with van der Waals surface area (Å²) in [6.45, 7) is 4.55. The number of halogens is 1. The van der Waals surface area contributed by atoms with Crippen molar-refractivity contribution in [2.75, 3.05) is 49.1 Å². The number of fused-ring (bicyclic) bond motifs is 1. The molecule has 1 atom stereocenters. The highest BCUT2D eigenvalue weighted by Crippen LogP contribution is 2.30. The Hall–Kier alpha value is -4.36. The fourth-order valence-electron chi connectivity index (χ4n) is 4.36. The molecule has 1 aromatic heterocycles. The molecule has 0 bridgehead atoms. The van der Waals surface area contributed by atoms with Gasteiger partial charge in [-0.15, -0.1) is 0 Å². The van der Waals surface area contributed by atoms with Crippen molar-refractivity contribution < 1.29 is 28.4 Å². The monoisotopic (exact) mass is 501 g/mol. The summed E-state index contributed by atoms with van der Waals surface area (Å²) in [5.41, 5.74) is 0.837. The van der Waals surface area contributed by atoms with E-state index >= 15 is 4.39 Å². The second-order valence-electron chi connectivity index (χ2n) is 8.68. The largest absolute Gasteiger partial charge is 0.442 e. The molecule has 2 fully saturated rings. The fraction of sp³-hybridized carbons (Fsp3) is 0.409. The minimum absolute atomic E-state index is 0.192. The Balaban J connectivity index is 1.16. The van der Waals surface area contributed by atoms with Gasteiger partial charge < -0.3 is 34.7 Å². The summed E-state index contributed by atoms with van der Waals surface area (Å²) in [7, 11) is 0. The van der Waals surface area contributed by atoms with Crippen LogP contribution in [0.15, 0.2) is 36.4 Å². The molecule has 1 aromatic carbocycles. The van der Waals surface area contributed by atoms with Crippen molar-refractivity contribution in [3.8, 4) is 6.01 Å². The minimum Gasteiger partial charge on any atom is -0.442 e. The zero-order valence-electron chi connectivity index (χ0n) is 19.4. The van der Waals surface area contributed by atoms with E-state index in [2.05, 4.69) is 15.2 Å². The predicted molar refractivity (Wildman–Crippen MR) is 124 cm³/mol. The van der Waals surface area contributed by atoms with Gasteiger partial charge in [0.05, 0.1) is 31.0 Å². The van der Waals surface area contributed by atoms with Crippen molar-refractivity contribution in [1.82, 2.24) is 19.8 Å². The summed E-state index contributed by atoms with van der Waals surface area (Å²) in [6, 6.07) is 4.84. The zero-order chi connectivity index (χ0) is 25.4. The van der Waals surface area contributed by atoms with E-state index < -0.39 is 22.9 Å². The maximum absolute atomic E-state index is 15.0. The van der Waals surface area contributed by atoms with Gasteiger partial charge in [0, 0.05) is 44.3 Å². The average molecular weight is 501 g/mol. The van der Waals surface area contributed by atoms with Gasteiger partial charge in [-0.2, -0.15) is 0 Å². The van der Waals surface area contributed by atoms with Gasteiger partial charge in [-0.05, 0) is 23.1 Å². The van der Waals surface area contributed by atoms with Gasteiger partial charge in [0.2, 0.25) is 5.91 Å². The summed E-state index contributed by atoms with van der Waals surface area (Å²) in [5, 5.41) is 13.4. The van der Waals surface area contributed by atoms with Crippen molar-refractivity contribution in [3.63, 3.8) is 0 Å². The molecule has 0 saturated carbocycles. The van der Waals surface area contributed by atoms with Crippen LogP contribution in [0.25, 0.3) is 0 Å². The van der Waals surface area contributed by atoms with Crippen LogP contribution in [0.4, 0.5) is 26.4 Å². The number of nitro groups is 1. The number of benzene rings is 1. The number of amides is 2. The number of hydrogen-bond donors (Lipinski definition) is 1. The van der Waals surface area contributed by atoms with Crippen LogP contribution in [0.3, 0.4) is 0 Å². The smallest absolute Gasteiger partial charge is 0.419 e. The third-order valence-electron chi connectivity index (χ3n) is 6.14. The van der Waals surface area contributed by atoms with Crippen LogP contribution in [0.2, 0.25) is 0 Å². The van der Waals surface area contributed by atoms with Crippen LogP contribution >= 0.6 is 0 Å². The number of nitrogens with zero attached hydrogens (tertiary/aromatic N) is 6. The number of carbonyl (C=O) groups excluding carboxylic acids is 2. The molecule has 13 nitrogen and oxygen atoms in total. The van der Waals surface area contributed by atoms with E-state index in [9.17, 15) is 19.7 Å². The van der Waals surface area contributed by atoms with Crippen molar-refractivity contribution in [1.29, 1.82) is 0 Å². The van der Waals surface area contributed by atoms with E-state index in [4.69, 9.17) is 9.47 Å². The molecule has 0 spiro atoms. The quantitative estimate of drug-likeness (QED) is 0.461. The molecule has 14 heteroatoms. The van der Waals surface area contributed by atoms with Gasteiger partial charge in [0.25, 0.3) is 0 Å². The molecular weight excluding hydrogens is 477 g/mol. The molecule has 190 valence electrons. The Kier molecular flexibility index (Phi) is 6.08. The molecule has 2 aromatic rings. The van der Waals surface area contributed by atoms with Crippen molar-refractivity contribution >= 4 is 29.2 Å². The molecule has 5 rings (SSSR count). The highest BCUT2D eigenvalue weighted by Gasteiger charge is 2.33. The number of imidazole rings is 1. The van der Waals surface area contributed by atoms with E-state index in [0.29, 0.717) is 49.9 Å². The number of ether oxygens (including phenoxy) is 2. The second-order valence-corrected chi connectivity index (χ2v) is 8.68. The summed E-state index contributed by atoms with van der Waals surface area (Å²) < 4.78 is 27.4. The Labute approximate surface area is 204 Å². The highest BCUT2D eigenvalue weighted by molar-refractivity contribution is 5.90. The Morgan fingerprint density at radius 3 is 2.78 bits per heavy atom. The topological polar surface area (TPSA) is 135 Å².